The van der Waals surface area contributed by atoms with Gasteiger partial charge >= 0.3 is 0 Å². The summed E-state index contributed by atoms with van der Waals surface area (Å²) in [5, 5.41) is 0. The fourth-order valence-corrected chi connectivity index (χ4v) is 1.93. The van der Waals surface area contributed by atoms with Gasteiger partial charge in [0.15, 0.2) is 6.08 Å². The van der Waals surface area contributed by atoms with Gasteiger partial charge in [-0.15, -0.1) is 0 Å². The molecule has 0 aliphatic carbocycles. The first-order valence-corrected chi connectivity index (χ1v) is 5.88. The minimum absolute atomic E-state index is 0.243. The molecule has 0 bridgehead atoms. The number of benzene rings is 1. The highest BCUT2D eigenvalue weighted by Crippen LogP contribution is 2.41. The summed E-state index contributed by atoms with van der Waals surface area (Å²) in [6.45, 7) is 6.55. The summed E-state index contributed by atoms with van der Waals surface area (Å²) in [6, 6.07) is 8.05. The van der Waals surface area contributed by atoms with Gasteiger partial charge in [-0.2, -0.15) is 0 Å². The molecule has 3 rings (SSSR count). The maximum absolute atomic E-state index is 8.29. The lowest BCUT2D eigenvalue weighted by atomic mass is 10.1. The molecule has 2 heterocycles. The van der Waals surface area contributed by atoms with E-state index in [9.17, 15) is 0 Å². The Bertz CT molecular complexity index is 509. The van der Waals surface area contributed by atoms with E-state index in [2.05, 4.69) is 4.99 Å². The van der Waals surface area contributed by atoms with Crippen LogP contribution in [-0.4, -0.2) is 24.1 Å². The number of hydrogen-bond acceptors (Lipinski definition) is 3. The molecular weight excluding hydrogens is 214 g/mol. The molecule has 90 valence electrons. The molecular formula is C14H17NO2. The summed E-state index contributed by atoms with van der Waals surface area (Å²) in [5.74, 6) is 0.415. The molecule has 0 radical (unpaired) electrons. The van der Waals surface area contributed by atoms with Crippen molar-refractivity contribution in [2.24, 2.45) is 4.99 Å². The number of epoxide rings is 1. The van der Waals surface area contributed by atoms with E-state index < -0.39 is 6.08 Å². The van der Waals surface area contributed by atoms with Crippen LogP contribution in [0.5, 0.6) is 0 Å². The minimum Gasteiger partial charge on any atom is -0.476 e. The fraction of sp³-hybridized carbons (Fsp3) is 0.500. The van der Waals surface area contributed by atoms with Crippen LogP contribution in [0.15, 0.2) is 29.3 Å². The van der Waals surface area contributed by atoms with E-state index >= 15 is 0 Å². The smallest absolute Gasteiger partial charge is 0.217 e. The maximum atomic E-state index is 8.29. The van der Waals surface area contributed by atoms with Gasteiger partial charge in [0, 0.05) is 0 Å². The lowest BCUT2D eigenvalue weighted by Gasteiger charge is -2.07. The van der Waals surface area contributed by atoms with Crippen molar-refractivity contribution in [3.05, 3.63) is 35.4 Å². The number of aryl methyl sites for hydroxylation is 1. The predicted octanol–water partition coefficient (Wildman–Crippen LogP) is 2.64. The van der Waals surface area contributed by atoms with Crippen molar-refractivity contribution in [2.45, 2.75) is 38.5 Å². The quantitative estimate of drug-likeness (QED) is 0.735. The molecule has 2 aliphatic rings. The van der Waals surface area contributed by atoms with Gasteiger partial charge in [0.2, 0.25) is 5.90 Å². The summed E-state index contributed by atoms with van der Waals surface area (Å²) in [4.78, 5) is 4.43. The monoisotopic (exact) mass is 232 g/mol. The van der Waals surface area contributed by atoms with E-state index in [4.69, 9.17) is 10.8 Å². The van der Waals surface area contributed by atoms with Crippen LogP contribution in [0.2, 0.25) is 0 Å². The van der Waals surface area contributed by atoms with Gasteiger partial charge < -0.3 is 9.47 Å². The highest BCUT2D eigenvalue weighted by atomic mass is 16.6. The molecule has 1 aromatic rings. The molecule has 17 heavy (non-hydrogen) atoms. The largest absolute Gasteiger partial charge is 0.476 e. The molecule has 0 saturated carbocycles. The molecule has 3 heteroatoms. The van der Waals surface area contributed by atoms with Crippen molar-refractivity contribution in [3.63, 3.8) is 0 Å². The molecule has 3 nitrogen and oxygen atoms in total. The van der Waals surface area contributed by atoms with E-state index in [1.807, 2.05) is 45.0 Å². The Morgan fingerprint density at radius 2 is 2.06 bits per heavy atom. The minimum atomic E-state index is -1.12. The number of rotatable bonds is 2. The third-order valence-corrected chi connectivity index (χ3v) is 2.98. The highest BCUT2D eigenvalue weighted by Gasteiger charge is 2.48. The lowest BCUT2D eigenvalue weighted by molar-refractivity contribution is 0.266. The molecule has 0 unspecified atom stereocenters. The van der Waals surface area contributed by atoms with Gasteiger partial charge in [0.25, 0.3) is 0 Å². The molecule has 0 aromatic heterocycles. The molecule has 1 saturated heterocycles. The zero-order valence-electron chi connectivity index (χ0n) is 11.4. The van der Waals surface area contributed by atoms with Crippen LogP contribution in [-0.2, 0) is 9.47 Å². The van der Waals surface area contributed by atoms with Crippen LogP contribution in [0.3, 0.4) is 0 Å². The average Bonchev–Trinajstić information content (AvgIpc) is 2.85. The summed E-state index contributed by atoms with van der Waals surface area (Å²) >= 11 is 0. The van der Waals surface area contributed by atoms with E-state index in [0.717, 1.165) is 5.56 Å². The van der Waals surface area contributed by atoms with Crippen molar-refractivity contribution in [3.8, 4) is 0 Å². The second kappa shape index (κ2) is 3.57. The Hall–Kier alpha value is -1.35. The third kappa shape index (κ3) is 2.07. The van der Waals surface area contributed by atoms with E-state index in [0.29, 0.717) is 12.5 Å². The van der Waals surface area contributed by atoms with Crippen LogP contribution in [0.4, 0.5) is 0 Å². The van der Waals surface area contributed by atoms with Crippen LogP contribution in [0.25, 0.3) is 0 Å². The third-order valence-electron chi connectivity index (χ3n) is 2.98. The predicted molar refractivity (Wildman–Crippen MR) is 66.3 cm³/mol. The zero-order valence-corrected chi connectivity index (χ0v) is 10.4. The zero-order chi connectivity index (χ0) is 13.0. The van der Waals surface area contributed by atoms with Crippen LogP contribution in [0, 0.1) is 6.92 Å². The van der Waals surface area contributed by atoms with Crippen LogP contribution >= 0.6 is 0 Å². The Labute approximate surface area is 103 Å². The Kier molecular flexibility index (Phi) is 2.03. The second-order valence-corrected chi connectivity index (χ2v) is 5.29. The number of ether oxygens (including phenoxy) is 2. The summed E-state index contributed by atoms with van der Waals surface area (Å²) < 4.78 is 19.3. The molecule has 0 spiro atoms. The van der Waals surface area contributed by atoms with Gasteiger partial charge in [-0.3, -0.25) is 0 Å². The number of hydrogen-bond donors (Lipinski definition) is 0. The second-order valence-electron chi connectivity index (χ2n) is 5.29. The van der Waals surface area contributed by atoms with Crippen LogP contribution < -0.4 is 0 Å². The van der Waals surface area contributed by atoms with E-state index in [1.165, 1.54) is 5.56 Å². The van der Waals surface area contributed by atoms with E-state index in [-0.39, 0.29) is 11.6 Å². The van der Waals surface area contributed by atoms with Crippen LogP contribution in [0.1, 0.15) is 32.4 Å². The molecule has 1 fully saturated rings. The van der Waals surface area contributed by atoms with Crippen molar-refractivity contribution in [2.75, 3.05) is 6.61 Å². The normalized spacial score (nSPS) is 34.9. The first kappa shape index (κ1) is 9.66. The van der Waals surface area contributed by atoms with Gasteiger partial charge in [-0.1, -0.05) is 29.8 Å². The Morgan fingerprint density at radius 1 is 1.35 bits per heavy atom. The van der Waals surface area contributed by atoms with Crippen molar-refractivity contribution < 1.29 is 10.8 Å². The molecule has 2 atom stereocenters. The Morgan fingerprint density at radius 3 is 2.65 bits per heavy atom. The topological polar surface area (TPSA) is 34.1 Å². The SMILES string of the molecule is [2H][C@@]1(C2=NC(C)(C)CO2)O[C@@H]1c1ccc(C)cc1. The first-order valence-electron chi connectivity index (χ1n) is 6.38. The first-order chi connectivity index (χ1) is 8.41. The Balaban J connectivity index is 1.82. The molecule has 2 aliphatic heterocycles. The maximum Gasteiger partial charge on any atom is 0.217 e. The van der Waals surface area contributed by atoms with Crippen molar-refractivity contribution in [1.29, 1.82) is 0 Å². The van der Waals surface area contributed by atoms with Crippen molar-refractivity contribution in [1.82, 2.24) is 0 Å². The van der Waals surface area contributed by atoms with Gasteiger partial charge in [0.05, 0.1) is 6.91 Å². The van der Waals surface area contributed by atoms with E-state index in [1.54, 1.807) is 0 Å². The highest BCUT2D eigenvalue weighted by molar-refractivity contribution is 5.85. The molecule has 0 N–H and O–H groups in total. The fourth-order valence-electron chi connectivity index (χ4n) is 1.93. The number of aliphatic imine (C=N–C) groups is 1. The van der Waals surface area contributed by atoms with Crippen molar-refractivity contribution >= 4 is 5.90 Å². The molecule has 0 amide bonds. The van der Waals surface area contributed by atoms with Gasteiger partial charge in [0.1, 0.15) is 12.7 Å². The standard InChI is InChI=1S/C14H17NO2/c1-9-4-6-10(7-5-9)11-12(17-11)13-15-14(2,3)8-16-13/h4-7,11-12H,8H2,1-3H3/t11-,12-/m1/s1/i12D. The number of nitrogens with zero attached hydrogens (tertiary/aromatic N) is 1. The summed E-state index contributed by atoms with van der Waals surface area (Å²) in [5.41, 5.74) is 1.96. The van der Waals surface area contributed by atoms with Gasteiger partial charge in [-0.05, 0) is 26.3 Å². The average molecular weight is 232 g/mol. The summed E-state index contributed by atoms with van der Waals surface area (Å²) in [7, 11) is 0. The van der Waals surface area contributed by atoms with Gasteiger partial charge in [-0.25, -0.2) is 4.99 Å². The lowest BCUT2D eigenvalue weighted by Crippen LogP contribution is -2.17. The molecule has 1 aromatic carbocycles. The summed E-state index contributed by atoms with van der Waals surface area (Å²) in [6.07, 6.45) is -1.38.